The number of aromatic nitrogens is 4. The molecule has 2 aromatic rings. The average molecular weight is 586 g/mol. The predicted octanol–water partition coefficient (Wildman–Crippen LogP) is 5.54. The highest BCUT2D eigenvalue weighted by Crippen LogP contribution is 2.41. The van der Waals surface area contributed by atoms with Gasteiger partial charge in [0, 0.05) is 32.1 Å². The molecule has 0 amide bonds. The van der Waals surface area contributed by atoms with Gasteiger partial charge in [0.05, 0.1) is 5.75 Å². The predicted molar refractivity (Wildman–Crippen MR) is 138 cm³/mol. The van der Waals surface area contributed by atoms with E-state index in [4.69, 9.17) is 23.2 Å². The number of rotatable bonds is 6. The summed E-state index contributed by atoms with van der Waals surface area (Å²) >= 11 is 11.4. The minimum Gasteiger partial charge on any atom is -0.256 e. The normalized spacial score (nSPS) is 19.9. The number of sulfone groups is 2. The smallest absolute Gasteiger partial charge is 0.230 e. The van der Waals surface area contributed by atoms with Crippen LogP contribution in [0.25, 0.3) is 0 Å². The van der Waals surface area contributed by atoms with Gasteiger partial charge < -0.3 is 0 Å². The van der Waals surface area contributed by atoms with Crippen molar-refractivity contribution in [1.82, 2.24) is 19.6 Å². The summed E-state index contributed by atoms with van der Waals surface area (Å²) in [5.41, 5.74) is 0. The average Bonchev–Trinajstić information content (AvgIpc) is 3.35. The van der Waals surface area contributed by atoms with Gasteiger partial charge in [0.2, 0.25) is 14.8 Å². The quantitative estimate of drug-likeness (QED) is 0.441. The van der Waals surface area contributed by atoms with Crippen molar-refractivity contribution in [3.63, 3.8) is 0 Å². The molecule has 0 radical (unpaired) electrons. The maximum absolute atomic E-state index is 15.0. The zero-order valence-electron chi connectivity index (χ0n) is 21.0. The molecule has 2 heterocycles. The van der Waals surface area contributed by atoms with Crippen LogP contribution in [0.5, 0.6) is 0 Å². The fraction of sp³-hybridized carbons (Fsp3) is 0.739. The van der Waals surface area contributed by atoms with Gasteiger partial charge in [-0.1, -0.05) is 61.7 Å². The second-order valence-electron chi connectivity index (χ2n) is 9.97. The first-order valence-corrected chi connectivity index (χ1v) is 16.2. The number of hydrogen-bond donors (Lipinski definition) is 0. The van der Waals surface area contributed by atoms with Crippen molar-refractivity contribution in [2.24, 2.45) is 25.9 Å². The molecule has 0 aliphatic heterocycles. The summed E-state index contributed by atoms with van der Waals surface area (Å²) in [5, 5.41) is 5.73. The van der Waals surface area contributed by atoms with Crippen molar-refractivity contribution in [2.75, 3.05) is 5.75 Å². The maximum atomic E-state index is 15.0. The Hall–Kier alpha value is -1.17. The molecule has 0 aromatic carbocycles. The van der Waals surface area contributed by atoms with Crippen molar-refractivity contribution in [3.05, 3.63) is 22.4 Å². The molecule has 13 heteroatoms. The van der Waals surface area contributed by atoms with Gasteiger partial charge in [0.15, 0.2) is 30.2 Å². The van der Waals surface area contributed by atoms with E-state index >= 15 is 0 Å². The van der Waals surface area contributed by atoms with Crippen LogP contribution in [-0.4, -0.2) is 47.2 Å². The van der Waals surface area contributed by atoms with E-state index in [1.165, 1.54) is 37.2 Å². The van der Waals surface area contributed by atoms with E-state index < -0.39 is 30.6 Å². The summed E-state index contributed by atoms with van der Waals surface area (Å²) in [5.74, 6) is 0.0606. The number of halogens is 3. The van der Waals surface area contributed by atoms with Crippen molar-refractivity contribution in [3.8, 4) is 0 Å². The van der Waals surface area contributed by atoms with Gasteiger partial charge >= 0.3 is 0 Å². The van der Waals surface area contributed by atoms with Crippen LogP contribution in [0.2, 0.25) is 10.3 Å². The van der Waals surface area contributed by atoms with Crippen molar-refractivity contribution >= 4 is 42.9 Å². The Balaban J connectivity index is 0.000000202. The van der Waals surface area contributed by atoms with Crippen LogP contribution in [0, 0.1) is 11.8 Å². The van der Waals surface area contributed by atoms with E-state index in [2.05, 4.69) is 10.2 Å². The molecular formula is C23H35Cl2FN4O4S2. The van der Waals surface area contributed by atoms with E-state index in [-0.39, 0.29) is 26.1 Å². The highest BCUT2D eigenvalue weighted by atomic mass is 35.5. The minimum atomic E-state index is -4.10. The van der Waals surface area contributed by atoms with Crippen molar-refractivity contribution in [1.29, 1.82) is 0 Å². The van der Waals surface area contributed by atoms with Gasteiger partial charge in [0.25, 0.3) is 0 Å². The van der Waals surface area contributed by atoms with E-state index in [0.29, 0.717) is 18.8 Å². The molecule has 0 N–H and O–H groups in total. The second-order valence-corrected chi connectivity index (χ2v) is 14.9. The summed E-state index contributed by atoms with van der Waals surface area (Å²) in [4.78, 5) is 0. The third-order valence-electron chi connectivity index (χ3n) is 7.25. The van der Waals surface area contributed by atoms with Crippen LogP contribution in [0.1, 0.15) is 71.1 Å². The standard InChI is InChI=1S/C12H18ClFN2O2S.C11H17ClN2O2S/c1-12(14,9-6-4-3-5-7-9)19(17,18)11-8-10(13)15-16(11)2;1-14-11(7-10(12)13-14)17(15,16)8-9-5-3-2-4-6-9/h8-9H,3-7H2,1-2H3;7,9H,2-6,8H2,1H3. The molecule has 8 nitrogen and oxygen atoms in total. The lowest BCUT2D eigenvalue weighted by molar-refractivity contribution is 0.152. The Morgan fingerprint density at radius 1 is 0.861 bits per heavy atom. The van der Waals surface area contributed by atoms with Crippen molar-refractivity contribution in [2.45, 2.75) is 86.2 Å². The topological polar surface area (TPSA) is 104 Å². The van der Waals surface area contributed by atoms with Crippen LogP contribution in [0.4, 0.5) is 4.39 Å². The van der Waals surface area contributed by atoms with Gasteiger partial charge in [-0.3, -0.25) is 9.36 Å². The summed E-state index contributed by atoms with van der Waals surface area (Å²) in [7, 11) is -4.29. The van der Waals surface area contributed by atoms with Crippen LogP contribution in [-0.2, 0) is 33.8 Å². The van der Waals surface area contributed by atoms with E-state index in [1.807, 2.05) is 0 Å². The molecular weight excluding hydrogens is 550 g/mol. The molecule has 0 bridgehead atoms. The fourth-order valence-electron chi connectivity index (χ4n) is 5.17. The monoisotopic (exact) mass is 584 g/mol. The van der Waals surface area contributed by atoms with Crippen LogP contribution < -0.4 is 0 Å². The molecule has 1 unspecified atom stereocenters. The lowest BCUT2D eigenvalue weighted by atomic mass is 9.86. The molecule has 2 saturated carbocycles. The maximum Gasteiger partial charge on any atom is 0.230 e. The van der Waals surface area contributed by atoms with Gasteiger partial charge in [-0.05, 0) is 38.5 Å². The van der Waals surface area contributed by atoms with Crippen LogP contribution in [0.15, 0.2) is 22.2 Å². The highest BCUT2D eigenvalue weighted by molar-refractivity contribution is 7.92. The molecule has 2 aliphatic carbocycles. The molecule has 1 atom stereocenters. The molecule has 2 aliphatic rings. The van der Waals surface area contributed by atoms with Crippen LogP contribution in [0.3, 0.4) is 0 Å². The van der Waals surface area contributed by atoms with Gasteiger partial charge in [-0.25, -0.2) is 21.2 Å². The van der Waals surface area contributed by atoms with Gasteiger partial charge in [0.1, 0.15) is 0 Å². The summed E-state index contributed by atoms with van der Waals surface area (Å²) < 4.78 is 66.8. The number of hydrogen-bond acceptors (Lipinski definition) is 6. The number of aryl methyl sites for hydroxylation is 2. The Labute approximate surface area is 223 Å². The SMILES string of the molecule is Cn1nc(Cl)cc1S(=O)(=O)C(C)(F)C1CCCCC1.Cn1nc(Cl)cc1S(=O)(=O)CC1CCCCC1. The second kappa shape index (κ2) is 11.7. The zero-order valence-corrected chi connectivity index (χ0v) is 24.1. The first-order valence-electron chi connectivity index (χ1n) is 12.3. The molecule has 2 fully saturated rings. The van der Waals surface area contributed by atoms with Gasteiger partial charge in [-0.2, -0.15) is 10.2 Å². The zero-order chi connectivity index (χ0) is 26.7. The van der Waals surface area contributed by atoms with Crippen molar-refractivity contribution < 1.29 is 21.2 Å². The fourth-order valence-corrected chi connectivity index (χ4v) is 9.33. The molecule has 4 rings (SSSR count). The van der Waals surface area contributed by atoms with E-state index in [0.717, 1.165) is 49.6 Å². The Kier molecular flexibility index (Phi) is 9.55. The molecule has 0 saturated heterocycles. The lowest BCUT2D eigenvalue weighted by Crippen LogP contribution is -2.40. The summed E-state index contributed by atoms with van der Waals surface area (Å²) in [6.07, 6.45) is 9.58. The largest absolute Gasteiger partial charge is 0.256 e. The Morgan fingerprint density at radius 3 is 1.75 bits per heavy atom. The van der Waals surface area contributed by atoms with E-state index in [1.54, 1.807) is 7.05 Å². The van der Waals surface area contributed by atoms with E-state index in [9.17, 15) is 21.2 Å². The first-order chi connectivity index (χ1) is 16.8. The minimum absolute atomic E-state index is 0.0560. The highest BCUT2D eigenvalue weighted by Gasteiger charge is 2.49. The summed E-state index contributed by atoms with van der Waals surface area (Å²) in [6.45, 7) is 1.17. The number of alkyl halides is 1. The molecule has 36 heavy (non-hydrogen) atoms. The third kappa shape index (κ3) is 6.63. The van der Waals surface area contributed by atoms with Crippen LogP contribution >= 0.6 is 23.2 Å². The Morgan fingerprint density at radius 2 is 1.31 bits per heavy atom. The Bertz CT molecular complexity index is 1250. The summed E-state index contributed by atoms with van der Waals surface area (Å²) in [6, 6.07) is 2.64. The van der Waals surface area contributed by atoms with Gasteiger partial charge in [-0.15, -0.1) is 0 Å². The molecule has 0 spiro atoms. The molecule has 204 valence electrons. The molecule has 2 aromatic heterocycles. The number of nitrogens with zero attached hydrogens (tertiary/aromatic N) is 4. The first kappa shape index (κ1) is 29.4. The lowest BCUT2D eigenvalue weighted by Gasteiger charge is -2.32. The third-order valence-corrected chi connectivity index (χ3v) is 11.9.